The van der Waals surface area contributed by atoms with Crippen LogP contribution in [0.4, 0.5) is 4.79 Å². The molecule has 0 radical (unpaired) electrons. The van der Waals surface area contributed by atoms with Crippen molar-refractivity contribution in [2.24, 2.45) is 9.98 Å². The number of nitrogens with one attached hydrogen (secondary N) is 1. The molecule has 9 heteroatoms. The van der Waals surface area contributed by atoms with Crippen molar-refractivity contribution in [3.63, 3.8) is 0 Å². The second-order valence-electron chi connectivity index (χ2n) is 9.70. The molecule has 1 aromatic carbocycles. The van der Waals surface area contributed by atoms with Crippen molar-refractivity contribution in [2.75, 3.05) is 5.75 Å². The molecule has 0 spiro atoms. The quantitative estimate of drug-likeness (QED) is 0.205. The number of carbonyl (C=O) groups is 3. The van der Waals surface area contributed by atoms with E-state index >= 15 is 0 Å². The molecule has 3 rings (SSSR count). The van der Waals surface area contributed by atoms with Crippen LogP contribution in [0.25, 0.3) is 0 Å². The lowest BCUT2D eigenvalue weighted by atomic mass is 10.0. The van der Waals surface area contributed by atoms with Crippen LogP contribution in [0.1, 0.15) is 108 Å². The summed E-state index contributed by atoms with van der Waals surface area (Å²) in [5.74, 6) is 0.116. The highest BCUT2D eigenvalue weighted by atomic mass is 35.5. The molecule has 2 aliphatic rings. The highest BCUT2D eigenvalue weighted by Crippen LogP contribution is 2.37. The predicted molar refractivity (Wildman–Crippen MR) is 152 cm³/mol. The summed E-state index contributed by atoms with van der Waals surface area (Å²) in [6, 6.07) is 7.00. The molecular formula is C28H39ClN4O3S. The molecule has 1 N–H and O–H groups in total. The first kappa shape index (κ1) is 29.4. The number of urea groups is 1. The van der Waals surface area contributed by atoms with E-state index in [4.69, 9.17) is 11.6 Å². The molecule has 202 valence electrons. The number of hydrogen-bond acceptors (Lipinski definition) is 4. The number of unbranched alkanes of at least 4 members (excludes halogenated alkanes) is 9. The van der Waals surface area contributed by atoms with Gasteiger partial charge in [-0.2, -0.15) is 9.98 Å². The van der Waals surface area contributed by atoms with Crippen LogP contribution in [0.5, 0.6) is 0 Å². The van der Waals surface area contributed by atoms with Crippen LogP contribution in [0.2, 0.25) is 5.02 Å². The van der Waals surface area contributed by atoms with Crippen LogP contribution < -0.4 is 5.43 Å². The second-order valence-corrected chi connectivity index (χ2v) is 11.2. The highest BCUT2D eigenvalue weighted by molar-refractivity contribution is 8.00. The standard InChI is InChI=1S/C28H39ClN4O3S/c1-2-3-4-5-7-10-13-23-24(31-28(36)30-23)14-11-8-6-9-12-15-25(34)32-33-26(35)20-37-27(33)21-16-18-22(29)19-17-21/h16-19,27H,2-15,20H2,1H3,(H,32,34). The Morgan fingerprint density at radius 3 is 2.11 bits per heavy atom. The van der Waals surface area contributed by atoms with E-state index in [-0.39, 0.29) is 23.2 Å². The predicted octanol–water partition coefficient (Wildman–Crippen LogP) is 7.44. The lowest BCUT2D eigenvalue weighted by molar-refractivity contribution is -0.139. The smallest absolute Gasteiger partial charge is 0.273 e. The number of hydrazine groups is 1. The van der Waals surface area contributed by atoms with Crippen molar-refractivity contribution in [1.29, 1.82) is 0 Å². The summed E-state index contributed by atoms with van der Waals surface area (Å²) in [6.45, 7) is 2.22. The van der Waals surface area contributed by atoms with Gasteiger partial charge in [-0.15, -0.1) is 11.8 Å². The fourth-order valence-corrected chi connectivity index (χ4v) is 5.81. The summed E-state index contributed by atoms with van der Waals surface area (Å²) < 4.78 is 0. The Balaban J connectivity index is 1.27. The molecule has 1 aromatic rings. The monoisotopic (exact) mass is 546 g/mol. The number of amides is 4. The Bertz CT molecular complexity index is 980. The van der Waals surface area contributed by atoms with Gasteiger partial charge < -0.3 is 0 Å². The first-order chi connectivity index (χ1) is 18.0. The molecule has 0 aliphatic carbocycles. The molecule has 1 saturated heterocycles. The third-order valence-corrected chi connectivity index (χ3v) is 8.11. The average molecular weight is 547 g/mol. The largest absolute Gasteiger partial charge is 0.367 e. The van der Waals surface area contributed by atoms with Crippen LogP contribution in [-0.4, -0.2) is 40.0 Å². The third kappa shape index (κ3) is 9.89. The van der Waals surface area contributed by atoms with E-state index in [1.165, 1.54) is 48.9 Å². The number of benzene rings is 1. The molecule has 1 atom stereocenters. The Labute approximate surface area is 229 Å². The van der Waals surface area contributed by atoms with Gasteiger partial charge >= 0.3 is 6.03 Å². The van der Waals surface area contributed by atoms with Gasteiger partial charge in [-0.3, -0.25) is 15.0 Å². The minimum atomic E-state index is -0.352. The van der Waals surface area contributed by atoms with Crippen LogP contribution in [0.15, 0.2) is 34.3 Å². The number of halogens is 1. The Kier molecular flexibility index (Phi) is 12.6. The topological polar surface area (TPSA) is 91.2 Å². The number of nitrogens with zero attached hydrogens (tertiary/aromatic N) is 3. The zero-order valence-corrected chi connectivity index (χ0v) is 23.4. The fourth-order valence-electron chi connectivity index (χ4n) is 4.58. The minimum Gasteiger partial charge on any atom is -0.273 e. The van der Waals surface area contributed by atoms with Crippen molar-refractivity contribution < 1.29 is 14.4 Å². The van der Waals surface area contributed by atoms with Crippen molar-refractivity contribution in [2.45, 2.75) is 102 Å². The van der Waals surface area contributed by atoms with Crippen LogP contribution in [0.3, 0.4) is 0 Å². The van der Waals surface area contributed by atoms with Gasteiger partial charge in [0.1, 0.15) is 5.37 Å². The summed E-state index contributed by atoms with van der Waals surface area (Å²) in [7, 11) is 0. The number of thioether (sulfide) groups is 1. The number of hydrogen-bond donors (Lipinski definition) is 1. The second kappa shape index (κ2) is 15.9. The van der Waals surface area contributed by atoms with Gasteiger partial charge in [0.05, 0.1) is 17.2 Å². The maximum Gasteiger partial charge on any atom is 0.367 e. The van der Waals surface area contributed by atoms with Gasteiger partial charge in [0.25, 0.3) is 5.91 Å². The van der Waals surface area contributed by atoms with Crippen LogP contribution >= 0.6 is 23.4 Å². The van der Waals surface area contributed by atoms with E-state index in [0.29, 0.717) is 17.2 Å². The van der Waals surface area contributed by atoms with Crippen molar-refractivity contribution in [3.05, 3.63) is 34.9 Å². The zero-order chi connectivity index (χ0) is 26.5. The molecule has 4 amide bonds. The van der Waals surface area contributed by atoms with Gasteiger partial charge in [0.2, 0.25) is 5.91 Å². The van der Waals surface area contributed by atoms with E-state index in [1.54, 1.807) is 12.1 Å². The van der Waals surface area contributed by atoms with E-state index in [9.17, 15) is 14.4 Å². The van der Waals surface area contributed by atoms with Crippen LogP contribution in [-0.2, 0) is 9.59 Å². The van der Waals surface area contributed by atoms with Crippen LogP contribution in [0, 0.1) is 0 Å². The Morgan fingerprint density at radius 2 is 1.49 bits per heavy atom. The van der Waals surface area contributed by atoms with E-state index in [0.717, 1.165) is 68.4 Å². The van der Waals surface area contributed by atoms with Gasteiger partial charge in [0, 0.05) is 11.4 Å². The molecular weight excluding hydrogens is 508 g/mol. The number of rotatable bonds is 17. The first-order valence-corrected chi connectivity index (χ1v) is 15.1. The summed E-state index contributed by atoms with van der Waals surface area (Å²) in [5.41, 5.74) is 5.51. The summed E-state index contributed by atoms with van der Waals surface area (Å²) in [4.78, 5) is 44.7. The van der Waals surface area contributed by atoms with Gasteiger partial charge in [-0.1, -0.05) is 82.0 Å². The molecule has 0 saturated carbocycles. The summed E-state index contributed by atoms with van der Waals surface area (Å²) >= 11 is 7.46. The normalized spacial score (nSPS) is 17.4. The molecule has 0 bridgehead atoms. The maximum atomic E-state index is 12.5. The first-order valence-electron chi connectivity index (χ1n) is 13.7. The van der Waals surface area contributed by atoms with Gasteiger partial charge in [-0.05, 0) is 49.8 Å². The van der Waals surface area contributed by atoms with E-state index < -0.39 is 0 Å². The molecule has 7 nitrogen and oxygen atoms in total. The van der Waals surface area contributed by atoms with E-state index in [1.807, 2.05) is 12.1 Å². The maximum absolute atomic E-state index is 12.5. The summed E-state index contributed by atoms with van der Waals surface area (Å²) in [6.07, 6.45) is 14.1. The zero-order valence-electron chi connectivity index (χ0n) is 21.8. The molecule has 2 heterocycles. The van der Waals surface area contributed by atoms with Crippen molar-refractivity contribution in [3.8, 4) is 0 Å². The number of carbonyl (C=O) groups excluding carboxylic acids is 3. The molecule has 0 aromatic heterocycles. The molecule has 37 heavy (non-hydrogen) atoms. The van der Waals surface area contributed by atoms with E-state index in [2.05, 4.69) is 22.3 Å². The fraction of sp³-hybridized carbons (Fsp3) is 0.607. The number of aliphatic imine (C=N–C) groups is 2. The Hall–Kier alpha value is -2.19. The van der Waals surface area contributed by atoms with Crippen molar-refractivity contribution >= 4 is 52.6 Å². The minimum absolute atomic E-state index is 0.0917. The third-order valence-electron chi connectivity index (χ3n) is 6.65. The summed E-state index contributed by atoms with van der Waals surface area (Å²) in [5, 5.41) is 1.86. The lowest BCUT2D eigenvalue weighted by Gasteiger charge is -2.24. The molecule has 1 fully saturated rings. The molecule has 1 unspecified atom stereocenters. The SMILES string of the molecule is CCCCCCCCC1=NC(=O)N=C1CCCCCCCC(=O)NN1C(=O)CSC1c1ccc(Cl)cc1. The lowest BCUT2D eigenvalue weighted by Crippen LogP contribution is -2.44. The average Bonchev–Trinajstić information content (AvgIpc) is 3.42. The van der Waals surface area contributed by atoms with Crippen molar-refractivity contribution in [1.82, 2.24) is 10.4 Å². The molecule has 2 aliphatic heterocycles. The van der Waals surface area contributed by atoms with Gasteiger partial charge in [-0.25, -0.2) is 9.80 Å². The Morgan fingerprint density at radius 1 is 0.919 bits per heavy atom. The van der Waals surface area contributed by atoms with Gasteiger partial charge in [0.15, 0.2) is 0 Å². The highest BCUT2D eigenvalue weighted by Gasteiger charge is 2.34.